The number of nitrogens with one attached hydrogen (secondary N) is 1. The molecule has 26 heavy (non-hydrogen) atoms. The number of hydrogen-bond donors (Lipinski definition) is 1. The summed E-state index contributed by atoms with van der Waals surface area (Å²) in [4.78, 5) is 0.238. The molecule has 1 unspecified atom stereocenters. The fourth-order valence-corrected chi connectivity index (χ4v) is 3.68. The monoisotopic (exact) mass is 369 g/mol. The molecular weight excluding hydrogens is 346 g/mol. The van der Waals surface area contributed by atoms with E-state index in [2.05, 4.69) is 23.7 Å². The van der Waals surface area contributed by atoms with Crippen LogP contribution in [0.25, 0.3) is 0 Å². The van der Waals surface area contributed by atoms with Gasteiger partial charge in [0.15, 0.2) is 5.82 Å². The molecule has 0 aliphatic heterocycles. The van der Waals surface area contributed by atoms with Gasteiger partial charge in [0.2, 0.25) is 0 Å². The van der Waals surface area contributed by atoms with E-state index in [-0.39, 0.29) is 4.90 Å². The fourth-order valence-electron chi connectivity index (χ4n) is 2.68. The number of aromatic nitrogens is 2. The highest BCUT2D eigenvalue weighted by Crippen LogP contribution is 2.21. The van der Waals surface area contributed by atoms with Crippen LogP contribution < -0.4 is 4.72 Å². The lowest BCUT2D eigenvalue weighted by atomic mass is 9.99. The second kappa shape index (κ2) is 7.74. The molecule has 1 aromatic heterocycles. The van der Waals surface area contributed by atoms with Gasteiger partial charge in [-0.3, -0.25) is 9.40 Å². The van der Waals surface area contributed by atoms with Crippen LogP contribution in [-0.4, -0.2) is 18.2 Å². The Morgan fingerprint density at radius 3 is 2.38 bits per heavy atom. The first kappa shape index (κ1) is 18.2. The zero-order valence-corrected chi connectivity index (χ0v) is 15.8. The quantitative estimate of drug-likeness (QED) is 0.677. The molecule has 0 fully saturated rings. The van der Waals surface area contributed by atoms with Crippen LogP contribution in [0.5, 0.6) is 0 Å². The van der Waals surface area contributed by atoms with E-state index in [1.165, 1.54) is 0 Å². The molecule has 1 heterocycles. The molecule has 0 saturated heterocycles. The zero-order chi connectivity index (χ0) is 18.6. The molecule has 6 heteroatoms. The largest absolute Gasteiger partial charge is 0.266 e. The standard InChI is InChI=1S/C20H23N3O2S/c1-3-16(2)18-9-11-19(12-10-18)26(24,25)22-20-13-14-23(21-20)15-17-7-5-4-6-8-17/h4-14,16H,3,15H2,1-2H3,(H,21,22). The summed E-state index contributed by atoms with van der Waals surface area (Å²) in [5, 5.41) is 4.30. The predicted octanol–water partition coefficient (Wildman–Crippen LogP) is 4.25. The lowest BCUT2D eigenvalue weighted by Gasteiger charge is -2.10. The summed E-state index contributed by atoms with van der Waals surface area (Å²) in [5.41, 5.74) is 2.24. The first-order valence-corrected chi connectivity index (χ1v) is 10.2. The van der Waals surface area contributed by atoms with Crippen molar-refractivity contribution in [3.63, 3.8) is 0 Å². The van der Waals surface area contributed by atoms with Gasteiger partial charge in [-0.25, -0.2) is 8.42 Å². The van der Waals surface area contributed by atoms with Gasteiger partial charge in [0, 0.05) is 12.3 Å². The maximum atomic E-state index is 12.6. The first-order valence-electron chi connectivity index (χ1n) is 8.68. The van der Waals surface area contributed by atoms with Crippen molar-refractivity contribution in [3.8, 4) is 0 Å². The summed E-state index contributed by atoms with van der Waals surface area (Å²) in [5.74, 6) is 0.723. The average molecular weight is 369 g/mol. The molecule has 1 N–H and O–H groups in total. The summed E-state index contributed by atoms with van der Waals surface area (Å²) in [7, 11) is -3.65. The summed E-state index contributed by atoms with van der Waals surface area (Å²) < 4.78 is 29.4. The van der Waals surface area contributed by atoms with Crippen LogP contribution in [0.2, 0.25) is 0 Å². The van der Waals surface area contributed by atoms with Crippen LogP contribution in [-0.2, 0) is 16.6 Å². The number of rotatable bonds is 7. The lowest BCUT2D eigenvalue weighted by molar-refractivity contribution is 0.600. The van der Waals surface area contributed by atoms with Crippen molar-refractivity contribution in [2.24, 2.45) is 0 Å². The van der Waals surface area contributed by atoms with Gasteiger partial charge in [-0.15, -0.1) is 0 Å². The molecule has 1 atom stereocenters. The van der Waals surface area contributed by atoms with Gasteiger partial charge in [0.1, 0.15) is 0 Å². The number of benzene rings is 2. The van der Waals surface area contributed by atoms with E-state index in [1.54, 1.807) is 29.1 Å². The Bertz CT molecular complexity index is 948. The van der Waals surface area contributed by atoms with Crippen molar-refractivity contribution in [3.05, 3.63) is 78.0 Å². The number of anilines is 1. The van der Waals surface area contributed by atoms with E-state index >= 15 is 0 Å². The van der Waals surface area contributed by atoms with Crippen molar-refractivity contribution in [2.75, 3.05) is 4.72 Å². The van der Waals surface area contributed by atoms with Crippen LogP contribution >= 0.6 is 0 Å². The molecule has 0 saturated carbocycles. The predicted molar refractivity (Wildman–Crippen MR) is 104 cm³/mol. The summed E-state index contributed by atoms with van der Waals surface area (Å²) in [6.45, 7) is 4.83. The van der Waals surface area contributed by atoms with Gasteiger partial charge in [-0.05, 0) is 35.6 Å². The molecule has 0 radical (unpaired) electrons. The number of nitrogens with zero attached hydrogens (tertiary/aromatic N) is 2. The smallest absolute Gasteiger partial charge is 0.263 e. The van der Waals surface area contributed by atoms with Crippen LogP contribution in [0.3, 0.4) is 0 Å². The maximum absolute atomic E-state index is 12.6. The molecule has 0 aliphatic rings. The molecule has 0 amide bonds. The van der Waals surface area contributed by atoms with Crippen molar-refractivity contribution < 1.29 is 8.42 Å². The molecule has 136 valence electrons. The normalized spacial score (nSPS) is 12.7. The van der Waals surface area contributed by atoms with Gasteiger partial charge in [-0.2, -0.15) is 5.10 Å². The maximum Gasteiger partial charge on any atom is 0.263 e. The van der Waals surface area contributed by atoms with Crippen LogP contribution in [0.4, 0.5) is 5.82 Å². The van der Waals surface area contributed by atoms with E-state index in [9.17, 15) is 8.42 Å². The second-order valence-electron chi connectivity index (χ2n) is 6.37. The highest BCUT2D eigenvalue weighted by Gasteiger charge is 2.16. The molecule has 5 nitrogen and oxygen atoms in total. The Labute approximate surface area is 154 Å². The van der Waals surface area contributed by atoms with Gasteiger partial charge in [0.25, 0.3) is 10.0 Å². The van der Waals surface area contributed by atoms with Crippen molar-refractivity contribution in [2.45, 2.75) is 37.6 Å². The zero-order valence-electron chi connectivity index (χ0n) is 15.0. The Morgan fingerprint density at radius 1 is 1.04 bits per heavy atom. The SMILES string of the molecule is CCC(C)c1ccc(S(=O)(=O)Nc2ccn(Cc3ccccc3)n2)cc1. The highest BCUT2D eigenvalue weighted by atomic mass is 32.2. The first-order chi connectivity index (χ1) is 12.5. The topological polar surface area (TPSA) is 64.0 Å². The average Bonchev–Trinajstić information content (AvgIpc) is 3.08. The fraction of sp³-hybridized carbons (Fsp3) is 0.250. The third-order valence-corrected chi connectivity index (χ3v) is 5.81. The summed E-state index contributed by atoms with van der Waals surface area (Å²) in [6, 6.07) is 18.6. The van der Waals surface area contributed by atoms with Gasteiger partial charge < -0.3 is 0 Å². The lowest BCUT2D eigenvalue weighted by Crippen LogP contribution is -2.14. The van der Waals surface area contributed by atoms with E-state index in [0.29, 0.717) is 18.3 Å². The van der Waals surface area contributed by atoms with Gasteiger partial charge in [-0.1, -0.05) is 56.3 Å². The Kier molecular flexibility index (Phi) is 5.42. The van der Waals surface area contributed by atoms with Crippen LogP contribution in [0.1, 0.15) is 37.3 Å². The summed E-state index contributed by atoms with van der Waals surface area (Å²) >= 11 is 0. The minimum atomic E-state index is -3.65. The third kappa shape index (κ3) is 4.32. The van der Waals surface area contributed by atoms with Crippen LogP contribution in [0, 0.1) is 0 Å². The van der Waals surface area contributed by atoms with E-state index in [4.69, 9.17) is 0 Å². The molecule has 0 bridgehead atoms. The number of sulfonamides is 1. The Balaban J connectivity index is 1.71. The molecule has 3 aromatic rings. The molecule has 2 aromatic carbocycles. The molecule has 3 rings (SSSR count). The third-order valence-electron chi connectivity index (χ3n) is 4.44. The van der Waals surface area contributed by atoms with E-state index in [1.807, 2.05) is 42.5 Å². The minimum Gasteiger partial charge on any atom is -0.266 e. The van der Waals surface area contributed by atoms with Gasteiger partial charge in [0.05, 0.1) is 11.4 Å². The van der Waals surface area contributed by atoms with Crippen molar-refractivity contribution in [1.29, 1.82) is 0 Å². The minimum absolute atomic E-state index is 0.238. The van der Waals surface area contributed by atoms with Crippen molar-refractivity contribution in [1.82, 2.24) is 9.78 Å². The highest BCUT2D eigenvalue weighted by molar-refractivity contribution is 7.92. The van der Waals surface area contributed by atoms with E-state index < -0.39 is 10.0 Å². The Morgan fingerprint density at radius 2 is 1.73 bits per heavy atom. The summed E-state index contributed by atoms with van der Waals surface area (Å²) in [6.07, 6.45) is 2.78. The van der Waals surface area contributed by atoms with Crippen molar-refractivity contribution >= 4 is 15.8 Å². The molecule has 0 aliphatic carbocycles. The number of hydrogen-bond acceptors (Lipinski definition) is 3. The second-order valence-corrected chi connectivity index (χ2v) is 8.05. The van der Waals surface area contributed by atoms with Crippen LogP contribution in [0.15, 0.2) is 71.8 Å². The van der Waals surface area contributed by atoms with E-state index in [0.717, 1.165) is 17.5 Å². The Hall–Kier alpha value is -2.60. The van der Waals surface area contributed by atoms with Gasteiger partial charge >= 0.3 is 0 Å². The molecular formula is C20H23N3O2S. The molecule has 0 spiro atoms.